The van der Waals surface area contributed by atoms with Crippen LogP contribution < -0.4 is 6.15 Å². The molecule has 0 bridgehead atoms. The van der Waals surface area contributed by atoms with Crippen LogP contribution in [0.1, 0.15) is 0 Å². The standard InChI is InChI=1S/C10H8.H3N/c1-2-5-9-7-4-8-10(9)6-3-1;/h1-8H;1H3. The van der Waals surface area contributed by atoms with Crippen LogP contribution in [0.4, 0.5) is 0 Å². The van der Waals surface area contributed by atoms with E-state index in [4.69, 9.17) is 0 Å². The number of hydrogen-bond acceptors (Lipinski definition) is 1. The lowest BCUT2D eigenvalue weighted by atomic mass is 10.2. The van der Waals surface area contributed by atoms with E-state index in [-0.39, 0.29) is 6.15 Å². The fraction of sp³-hybridized carbons (Fsp3) is 0. The van der Waals surface area contributed by atoms with Gasteiger partial charge in [0.25, 0.3) is 0 Å². The van der Waals surface area contributed by atoms with Crippen LogP contribution in [-0.4, -0.2) is 0 Å². The van der Waals surface area contributed by atoms with Gasteiger partial charge in [-0.25, -0.2) is 0 Å². The first-order valence-electron chi connectivity index (χ1n) is 3.40. The van der Waals surface area contributed by atoms with Crippen molar-refractivity contribution in [3.05, 3.63) is 48.5 Å². The molecule has 11 heavy (non-hydrogen) atoms. The molecule has 0 unspecified atom stereocenters. The minimum Gasteiger partial charge on any atom is -0.344 e. The minimum atomic E-state index is 0. The molecule has 1 heteroatoms. The molecule has 0 saturated heterocycles. The molecule has 0 aliphatic heterocycles. The van der Waals surface area contributed by atoms with Crippen molar-refractivity contribution in [1.29, 1.82) is 0 Å². The zero-order valence-electron chi connectivity index (χ0n) is 6.33. The first kappa shape index (κ1) is 7.76. The number of hydrogen-bond donors (Lipinski definition) is 1. The summed E-state index contributed by atoms with van der Waals surface area (Å²) in [5, 5.41) is 0. The van der Waals surface area contributed by atoms with Crippen molar-refractivity contribution in [2.75, 3.05) is 0 Å². The van der Waals surface area contributed by atoms with Crippen LogP contribution in [0.15, 0.2) is 48.5 Å². The van der Waals surface area contributed by atoms with Crippen molar-refractivity contribution in [1.82, 2.24) is 6.15 Å². The Kier molecular flexibility index (Phi) is 2.24. The van der Waals surface area contributed by atoms with Crippen molar-refractivity contribution < 1.29 is 0 Å². The molecule has 0 amide bonds. The molecule has 0 aromatic rings. The number of rotatable bonds is 0. The lowest BCUT2D eigenvalue weighted by molar-refractivity contribution is 1.84. The Labute approximate surface area is 66.6 Å². The van der Waals surface area contributed by atoms with Gasteiger partial charge in [0.1, 0.15) is 0 Å². The van der Waals surface area contributed by atoms with E-state index < -0.39 is 0 Å². The van der Waals surface area contributed by atoms with E-state index in [1.165, 1.54) is 11.1 Å². The molecule has 0 spiro atoms. The zero-order chi connectivity index (χ0) is 6.81. The van der Waals surface area contributed by atoms with Gasteiger partial charge in [-0.15, -0.1) is 0 Å². The summed E-state index contributed by atoms with van der Waals surface area (Å²) in [5.74, 6) is 0. The van der Waals surface area contributed by atoms with E-state index in [0.717, 1.165) is 0 Å². The maximum Gasteiger partial charge on any atom is -0.0184 e. The Morgan fingerprint density at radius 2 is 1.00 bits per heavy atom. The van der Waals surface area contributed by atoms with Gasteiger partial charge in [-0.2, -0.15) is 0 Å². The molecule has 0 aromatic carbocycles. The van der Waals surface area contributed by atoms with E-state index in [2.05, 4.69) is 42.5 Å². The summed E-state index contributed by atoms with van der Waals surface area (Å²) in [7, 11) is 0. The van der Waals surface area contributed by atoms with Gasteiger partial charge in [-0.1, -0.05) is 48.5 Å². The molecule has 0 atom stereocenters. The van der Waals surface area contributed by atoms with Crippen LogP contribution in [-0.2, 0) is 0 Å². The molecule has 0 saturated carbocycles. The quantitative estimate of drug-likeness (QED) is 0.607. The summed E-state index contributed by atoms with van der Waals surface area (Å²) in [6.45, 7) is 0. The molecule has 0 heterocycles. The van der Waals surface area contributed by atoms with Crippen molar-refractivity contribution in [3.8, 4) is 11.1 Å². The van der Waals surface area contributed by atoms with Crippen molar-refractivity contribution in [2.24, 2.45) is 0 Å². The fourth-order valence-electron chi connectivity index (χ4n) is 1.13. The molecule has 0 radical (unpaired) electrons. The third kappa shape index (κ3) is 1.38. The monoisotopic (exact) mass is 145 g/mol. The Morgan fingerprint density at radius 1 is 0.545 bits per heavy atom. The van der Waals surface area contributed by atoms with Crippen molar-refractivity contribution in [2.45, 2.75) is 0 Å². The molecule has 1 nitrogen and oxygen atoms in total. The smallest absolute Gasteiger partial charge is 0.0184 e. The van der Waals surface area contributed by atoms with E-state index in [9.17, 15) is 0 Å². The number of fused-ring (bicyclic) bond motifs is 1. The molecule has 2 aliphatic carbocycles. The van der Waals surface area contributed by atoms with Gasteiger partial charge in [0.2, 0.25) is 0 Å². The van der Waals surface area contributed by atoms with Crippen molar-refractivity contribution >= 4 is 0 Å². The first-order valence-corrected chi connectivity index (χ1v) is 3.40. The van der Waals surface area contributed by atoms with Crippen LogP contribution in [0.5, 0.6) is 0 Å². The molecule has 0 aromatic heterocycles. The fourth-order valence-corrected chi connectivity index (χ4v) is 1.13. The van der Waals surface area contributed by atoms with Gasteiger partial charge in [0.05, 0.1) is 0 Å². The normalized spacial score (nSPS) is 9.09. The van der Waals surface area contributed by atoms with Crippen LogP contribution in [0, 0.1) is 0 Å². The average molecular weight is 145 g/mol. The molecule has 0 fully saturated rings. The highest BCUT2D eigenvalue weighted by Crippen LogP contribution is 2.19. The van der Waals surface area contributed by atoms with E-state index in [1.54, 1.807) is 0 Å². The van der Waals surface area contributed by atoms with Gasteiger partial charge < -0.3 is 6.15 Å². The van der Waals surface area contributed by atoms with E-state index >= 15 is 0 Å². The molecule has 2 aliphatic rings. The zero-order valence-corrected chi connectivity index (χ0v) is 6.33. The van der Waals surface area contributed by atoms with Crippen LogP contribution in [0.2, 0.25) is 0 Å². The maximum atomic E-state index is 2.12. The van der Waals surface area contributed by atoms with Crippen LogP contribution in [0.3, 0.4) is 0 Å². The summed E-state index contributed by atoms with van der Waals surface area (Å²) in [4.78, 5) is 0. The highest BCUT2D eigenvalue weighted by Gasteiger charge is 1.94. The summed E-state index contributed by atoms with van der Waals surface area (Å²) < 4.78 is 0. The Morgan fingerprint density at radius 3 is 1.55 bits per heavy atom. The third-order valence-corrected chi connectivity index (χ3v) is 1.66. The average Bonchev–Trinajstić information content (AvgIpc) is 2.28. The van der Waals surface area contributed by atoms with Gasteiger partial charge >= 0.3 is 0 Å². The summed E-state index contributed by atoms with van der Waals surface area (Å²) in [5.41, 5.74) is 2.62. The SMILES string of the molecule is N.c1ccc2cccc-2cc1. The highest BCUT2D eigenvalue weighted by molar-refractivity contribution is 5.65. The lowest BCUT2D eigenvalue weighted by Crippen LogP contribution is -1.59. The molecule has 3 N–H and O–H groups in total. The predicted octanol–water partition coefficient (Wildman–Crippen LogP) is 2.95. The van der Waals surface area contributed by atoms with Crippen LogP contribution >= 0.6 is 0 Å². The Bertz CT molecular complexity index is 276. The van der Waals surface area contributed by atoms with Gasteiger partial charge in [0, 0.05) is 0 Å². The lowest BCUT2D eigenvalue weighted by Gasteiger charge is -1.85. The second kappa shape index (κ2) is 3.17. The third-order valence-electron chi connectivity index (χ3n) is 1.66. The molecular weight excluding hydrogens is 134 g/mol. The highest BCUT2D eigenvalue weighted by atomic mass is 14.0. The Balaban J connectivity index is 0.000000605. The minimum absolute atomic E-state index is 0. The van der Waals surface area contributed by atoms with Gasteiger partial charge in [-0.3, -0.25) is 0 Å². The second-order valence-corrected chi connectivity index (χ2v) is 2.35. The second-order valence-electron chi connectivity index (χ2n) is 2.35. The summed E-state index contributed by atoms with van der Waals surface area (Å²) in [6, 6.07) is 16.7. The van der Waals surface area contributed by atoms with E-state index in [1.807, 2.05) is 6.07 Å². The predicted molar refractivity (Wildman–Crippen MR) is 48.1 cm³/mol. The topological polar surface area (TPSA) is 35.0 Å². The Hall–Kier alpha value is -1.34. The molecular formula is C10H11N. The molecule has 2 rings (SSSR count). The first-order chi connectivity index (χ1) is 4.97. The largest absolute Gasteiger partial charge is 0.344 e. The molecule has 56 valence electrons. The maximum absolute atomic E-state index is 2.12. The van der Waals surface area contributed by atoms with E-state index in [0.29, 0.717) is 0 Å². The van der Waals surface area contributed by atoms with Crippen molar-refractivity contribution in [3.63, 3.8) is 0 Å². The summed E-state index contributed by atoms with van der Waals surface area (Å²) in [6.07, 6.45) is 0. The van der Waals surface area contributed by atoms with Gasteiger partial charge in [0.15, 0.2) is 0 Å². The summed E-state index contributed by atoms with van der Waals surface area (Å²) >= 11 is 0. The van der Waals surface area contributed by atoms with Crippen LogP contribution in [0.25, 0.3) is 11.1 Å². The van der Waals surface area contributed by atoms with Gasteiger partial charge in [-0.05, 0) is 11.1 Å².